The predicted octanol–water partition coefficient (Wildman–Crippen LogP) is 4.50. The molecular formula is C19H18N4S. The van der Waals surface area contributed by atoms with Crippen LogP contribution in [0.4, 0.5) is 0 Å². The lowest BCUT2D eigenvalue weighted by Gasteiger charge is -2.04. The standard InChI is InChI=1S/C19H18N4S/c1-12-13(2)20-18-21-19(22-23(18)14(12)3)24-11-16-9-6-8-15-7-4-5-10-17(15)16/h4-10H,11H2,1-3H3. The Kier molecular flexibility index (Phi) is 3.73. The van der Waals surface area contributed by atoms with Crippen molar-refractivity contribution >= 4 is 28.3 Å². The van der Waals surface area contributed by atoms with Gasteiger partial charge in [0.25, 0.3) is 5.78 Å². The van der Waals surface area contributed by atoms with Crippen LogP contribution in [0.2, 0.25) is 0 Å². The van der Waals surface area contributed by atoms with Crippen LogP contribution in [0.1, 0.15) is 22.5 Å². The first-order valence-electron chi connectivity index (χ1n) is 7.93. The monoisotopic (exact) mass is 334 g/mol. The first kappa shape index (κ1) is 15.1. The molecule has 0 aliphatic carbocycles. The Labute approximate surface area is 144 Å². The summed E-state index contributed by atoms with van der Waals surface area (Å²) in [6, 6.07) is 14.9. The first-order valence-corrected chi connectivity index (χ1v) is 8.92. The van der Waals surface area contributed by atoms with E-state index in [4.69, 9.17) is 0 Å². The molecular weight excluding hydrogens is 316 g/mol. The van der Waals surface area contributed by atoms with Gasteiger partial charge < -0.3 is 0 Å². The van der Waals surface area contributed by atoms with Crippen molar-refractivity contribution in [2.75, 3.05) is 0 Å². The van der Waals surface area contributed by atoms with Crippen molar-refractivity contribution in [3.05, 3.63) is 65.0 Å². The summed E-state index contributed by atoms with van der Waals surface area (Å²) in [6.07, 6.45) is 0. The fourth-order valence-electron chi connectivity index (χ4n) is 2.86. The van der Waals surface area contributed by atoms with E-state index in [2.05, 4.69) is 71.4 Å². The molecule has 0 amide bonds. The molecule has 0 unspecified atom stereocenters. The minimum Gasteiger partial charge on any atom is -0.216 e. The van der Waals surface area contributed by atoms with E-state index in [1.807, 2.05) is 11.4 Å². The molecule has 4 nitrogen and oxygen atoms in total. The van der Waals surface area contributed by atoms with Crippen LogP contribution in [0.5, 0.6) is 0 Å². The molecule has 0 atom stereocenters. The van der Waals surface area contributed by atoms with E-state index < -0.39 is 0 Å². The fourth-order valence-corrected chi connectivity index (χ4v) is 3.68. The van der Waals surface area contributed by atoms with E-state index >= 15 is 0 Å². The van der Waals surface area contributed by atoms with Crippen LogP contribution in [0.25, 0.3) is 16.6 Å². The van der Waals surface area contributed by atoms with E-state index in [1.54, 1.807) is 11.8 Å². The van der Waals surface area contributed by atoms with E-state index in [-0.39, 0.29) is 0 Å². The Balaban J connectivity index is 1.66. The van der Waals surface area contributed by atoms with E-state index in [1.165, 1.54) is 16.3 Å². The number of thioether (sulfide) groups is 1. The van der Waals surface area contributed by atoms with Gasteiger partial charge in [-0.3, -0.25) is 0 Å². The number of aryl methyl sites for hydroxylation is 2. The Morgan fingerprint density at radius 2 is 1.75 bits per heavy atom. The summed E-state index contributed by atoms with van der Waals surface area (Å²) in [5.74, 6) is 1.52. The SMILES string of the molecule is Cc1nc2nc(SCc3cccc4ccccc34)nn2c(C)c1C. The second kappa shape index (κ2) is 5.91. The van der Waals surface area contributed by atoms with Gasteiger partial charge in [0, 0.05) is 17.1 Å². The normalized spacial score (nSPS) is 11.5. The molecule has 0 saturated carbocycles. The number of fused-ring (bicyclic) bond motifs is 2. The zero-order valence-electron chi connectivity index (χ0n) is 13.9. The molecule has 0 radical (unpaired) electrons. The Morgan fingerprint density at radius 1 is 0.958 bits per heavy atom. The van der Waals surface area contributed by atoms with Gasteiger partial charge in [-0.25, -0.2) is 9.50 Å². The maximum absolute atomic E-state index is 4.62. The lowest BCUT2D eigenvalue weighted by Crippen LogP contribution is -2.02. The number of benzene rings is 2. The van der Waals surface area contributed by atoms with Crippen molar-refractivity contribution in [1.29, 1.82) is 0 Å². The van der Waals surface area contributed by atoms with Gasteiger partial charge in [0.2, 0.25) is 5.16 Å². The minimum absolute atomic E-state index is 0.677. The van der Waals surface area contributed by atoms with Crippen molar-refractivity contribution in [2.24, 2.45) is 0 Å². The molecule has 2 heterocycles. The lowest BCUT2D eigenvalue weighted by atomic mass is 10.1. The number of nitrogens with zero attached hydrogens (tertiary/aromatic N) is 4. The van der Waals surface area contributed by atoms with Crippen molar-refractivity contribution in [3.63, 3.8) is 0 Å². The summed E-state index contributed by atoms with van der Waals surface area (Å²) >= 11 is 1.65. The summed E-state index contributed by atoms with van der Waals surface area (Å²) in [4.78, 5) is 9.11. The molecule has 120 valence electrons. The largest absolute Gasteiger partial charge is 0.253 e. The maximum Gasteiger partial charge on any atom is 0.253 e. The van der Waals surface area contributed by atoms with Crippen molar-refractivity contribution in [2.45, 2.75) is 31.7 Å². The number of rotatable bonds is 3. The van der Waals surface area contributed by atoms with Crippen LogP contribution in [0.3, 0.4) is 0 Å². The third-order valence-corrected chi connectivity index (χ3v) is 5.36. The van der Waals surface area contributed by atoms with Crippen LogP contribution in [-0.2, 0) is 5.75 Å². The molecule has 5 heteroatoms. The fraction of sp³-hybridized carbons (Fsp3) is 0.211. The van der Waals surface area contributed by atoms with E-state index in [0.29, 0.717) is 5.78 Å². The van der Waals surface area contributed by atoms with Gasteiger partial charge in [0.05, 0.1) is 0 Å². The second-order valence-corrected chi connectivity index (χ2v) is 6.88. The molecule has 0 bridgehead atoms. The molecule has 24 heavy (non-hydrogen) atoms. The lowest BCUT2D eigenvalue weighted by molar-refractivity contribution is 0.832. The summed E-state index contributed by atoms with van der Waals surface area (Å²) in [6.45, 7) is 6.15. The van der Waals surface area contributed by atoms with Crippen LogP contribution >= 0.6 is 11.8 Å². The van der Waals surface area contributed by atoms with E-state index in [9.17, 15) is 0 Å². The highest BCUT2D eigenvalue weighted by Gasteiger charge is 2.11. The second-order valence-electron chi connectivity index (χ2n) is 5.94. The van der Waals surface area contributed by atoms with Gasteiger partial charge in [-0.05, 0) is 42.7 Å². The average Bonchev–Trinajstić information content (AvgIpc) is 3.01. The van der Waals surface area contributed by atoms with Gasteiger partial charge in [-0.2, -0.15) is 4.98 Å². The van der Waals surface area contributed by atoms with Gasteiger partial charge in [-0.1, -0.05) is 54.2 Å². The van der Waals surface area contributed by atoms with Crippen LogP contribution < -0.4 is 0 Å². The van der Waals surface area contributed by atoms with Gasteiger partial charge in [-0.15, -0.1) is 5.10 Å². The Bertz CT molecular complexity index is 1050. The molecule has 0 N–H and O–H groups in total. The summed E-state index contributed by atoms with van der Waals surface area (Å²) in [5.41, 5.74) is 4.58. The van der Waals surface area contributed by atoms with Gasteiger partial charge in [0.15, 0.2) is 0 Å². The highest BCUT2D eigenvalue weighted by atomic mass is 32.2. The van der Waals surface area contributed by atoms with Gasteiger partial charge in [0.1, 0.15) is 0 Å². The molecule has 4 rings (SSSR count). The average molecular weight is 334 g/mol. The molecule has 0 fully saturated rings. The minimum atomic E-state index is 0.677. The molecule has 0 aliphatic rings. The zero-order chi connectivity index (χ0) is 16.7. The molecule has 0 saturated heterocycles. The number of aromatic nitrogens is 4. The smallest absolute Gasteiger partial charge is 0.216 e. The van der Waals surface area contributed by atoms with Crippen molar-refractivity contribution < 1.29 is 0 Å². The van der Waals surface area contributed by atoms with Crippen LogP contribution in [-0.4, -0.2) is 19.6 Å². The molecule has 0 spiro atoms. The third-order valence-electron chi connectivity index (χ3n) is 4.48. The third kappa shape index (κ3) is 2.55. The van der Waals surface area contributed by atoms with Crippen LogP contribution in [0, 0.1) is 20.8 Å². The molecule has 2 aromatic carbocycles. The molecule has 2 aromatic heterocycles. The molecule has 4 aromatic rings. The topological polar surface area (TPSA) is 43.1 Å². The summed E-state index contributed by atoms with van der Waals surface area (Å²) in [5, 5.41) is 7.94. The predicted molar refractivity (Wildman–Crippen MR) is 98.5 cm³/mol. The van der Waals surface area contributed by atoms with E-state index in [0.717, 1.165) is 27.9 Å². The quantitative estimate of drug-likeness (QED) is 0.518. The van der Waals surface area contributed by atoms with Gasteiger partial charge >= 0.3 is 0 Å². The number of hydrogen-bond donors (Lipinski definition) is 0. The Hall–Kier alpha value is -2.40. The van der Waals surface area contributed by atoms with Crippen molar-refractivity contribution in [1.82, 2.24) is 19.6 Å². The first-order chi connectivity index (χ1) is 11.6. The summed E-state index contributed by atoms with van der Waals surface area (Å²) in [7, 11) is 0. The summed E-state index contributed by atoms with van der Waals surface area (Å²) < 4.78 is 1.84. The number of hydrogen-bond acceptors (Lipinski definition) is 4. The Morgan fingerprint density at radius 3 is 2.62 bits per heavy atom. The highest BCUT2D eigenvalue weighted by Crippen LogP contribution is 2.26. The van der Waals surface area contributed by atoms with Crippen LogP contribution in [0.15, 0.2) is 47.6 Å². The highest BCUT2D eigenvalue weighted by molar-refractivity contribution is 7.98. The zero-order valence-corrected chi connectivity index (χ0v) is 14.8. The van der Waals surface area contributed by atoms with Crippen molar-refractivity contribution in [3.8, 4) is 0 Å². The maximum atomic E-state index is 4.62. The molecule has 0 aliphatic heterocycles.